The fraction of sp³-hybridized carbons (Fsp3) is 0.130. The molecule has 0 atom stereocenters. The number of carbonyl (C=O) groups is 1. The van der Waals surface area contributed by atoms with E-state index in [4.69, 9.17) is 26.8 Å². The summed E-state index contributed by atoms with van der Waals surface area (Å²) in [4.78, 5) is 12.1. The largest absolute Gasteiger partial charge is 0.490 e. The van der Waals surface area contributed by atoms with Gasteiger partial charge in [-0.25, -0.2) is 5.43 Å². The van der Waals surface area contributed by atoms with Gasteiger partial charge in [0.05, 0.1) is 12.8 Å². The molecule has 154 valence electrons. The monoisotopic (exact) mass is 423 g/mol. The summed E-state index contributed by atoms with van der Waals surface area (Å²) in [6, 6.07) is 19.5. The molecule has 0 aliphatic rings. The summed E-state index contributed by atoms with van der Waals surface area (Å²) < 4.78 is 11.6. The van der Waals surface area contributed by atoms with Crippen molar-refractivity contribution in [3.8, 4) is 11.5 Å². The molecular weight excluding hydrogens is 402 g/mol. The zero-order chi connectivity index (χ0) is 21.3. The Morgan fingerprint density at radius 3 is 2.57 bits per heavy atom. The highest BCUT2D eigenvalue weighted by Crippen LogP contribution is 2.29. The maximum Gasteiger partial charge on any atom is 0.271 e. The predicted octanol–water partition coefficient (Wildman–Crippen LogP) is 4.66. The molecule has 30 heavy (non-hydrogen) atoms. The lowest BCUT2D eigenvalue weighted by Gasteiger charge is -2.13. The van der Waals surface area contributed by atoms with Crippen LogP contribution in [0.4, 0.5) is 5.69 Å². The molecule has 6 nitrogen and oxygen atoms in total. The molecule has 0 aliphatic heterocycles. The number of nitrogens with two attached hydrogens (primary N) is 1. The topological polar surface area (TPSA) is 85.9 Å². The first-order valence-electron chi connectivity index (χ1n) is 9.39. The normalized spacial score (nSPS) is 10.7. The number of amides is 1. The van der Waals surface area contributed by atoms with E-state index in [-0.39, 0.29) is 5.91 Å². The maximum absolute atomic E-state index is 12.1. The fourth-order valence-electron chi connectivity index (χ4n) is 2.63. The summed E-state index contributed by atoms with van der Waals surface area (Å²) >= 11 is 6.18. The average molecular weight is 424 g/mol. The lowest BCUT2D eigenvalue weighted by molar-refractivity contribution is 0.0955. The summed E-state index contributed by atoms with van der Waals surface area (Å²) in [6.45, 7) is 2.70. The smallest absolute Gasteiger partial charge is 0.271 e. The van der Waals surface area contributed by atoms with Crippen LogP contribution in [0.1, 0.15) is 28.4 Å². The number of hydrazone groups is 1. The standard InChI is InChI=1S/C23H22ClN3O3/c1-2-29-22-13-16(14-26-27-23(28)17-8-10-19(25)11-9-17)7-12-21(22)30-15-18-5-3-4-6-20(18)24/h3-14H,2,15,25H2,1H3,(H,27,28)/b26-14-. The Morgan fingerprint density at radius 2 is 1.83 bits per heavy atom. The third-order valence-corrected chi connectivity index (χ3v) is 4.53. The number of rotatable bonds is 8. The van der Waals surface area contributed by atoms with Gasteiger partial charge in [0.15, 0.2) is 11.5 Å². The van der Waals surface area contributed by atoms with Crippen LogP contribution < -0.4 is 20.6 Å². The van der Waals surface area contributed by atoms with Crippen LogP contribution in [0.25, 0.3) is 0 Å². The highest BCUT2D eigenvalue weighted by Gasteiger charge is 2.08. The van der Waals surface area contributed by atoms with Gasteiger partial charge < -0.3 is 15.2 Å². The van der Waals surface area contributed by atoms with Gasteiger partial charge >= 0.3 is 0 Å². The lowest BCUT2D eigenvalue weighted by atomic mass is 10.2. The molecule has 3 aromatic rings. The summed E-state index contributed by atoms with van der Waals surface area (Å²) in [5.41, 5.74) is 10.8. The predicted molar refractivity (Wildman–Crippen MR) is 119 cm³/mol. The Kier molecular flexibility index (Phi) is 7.29. The van der Waals surface area contributed by atoms with Crippen LogP contribution in [-0.4, -0.2) is 18.7 Å². The van der Waals surface area contributed by atoms with E-state index in [1.807, 2.05) is 37.3 Å². The van der Waals surface area contributed by atoms with Gasteiger partial charge in [0, 0.05) is 21.8 Å². The first kappa shape index (κ1) is 21.2. The van der Waals surface area contributed by atoms with Gasteiger partial charge in [-0.1, -0.05) is 29.8 Å². The molecule has 0 saturated heterocycles. The molecule has 0 aromatic heterocycles. The number of carbonyl (C=O) groups excluding carboxylic acids is 1. The van der Waals surface area contributed by atoms with E-state index in [0.717, 1.165) is 11.1 Å². The van der Waals surface area contributed by atoms with E-state index in [9.17, 15) is 4.79 Å². The number of nitrogens with zero attached hydrogens (tertiary/aromatic N) is 1. The molecular formula is C23H22ClN3O3. The summed E-state index contributed by atoms with van der Waals surface area (Å²) in [5, 5.41) is 4.66. The SMILES string of the molecule is CCOc1cc(/C=N\NC(=O)c2ccc(N)cc2)ccc1OCc1ccccc1Cl. The highest BCUT2D eigenvalue weighted by atomic mass is 35.5. The first-order chi connectivity index (χ1) is 14.6. The van der Waals surface area contributed by atoms with Crippen molar-refractivity contribution in [1.29, 1.82) is 0 Å². The molecule has 0 radical (unpaired) electrons. The van der Waals surface area contributed by atoms with Crippen LogP contribution >= 0.6 is 11.6 Å². The maximum atomic E-state index is 12.1. The number of benzene rings is 3. The third-order valence-electron chi connectivity index (χ3n) is 4.16. The van der Waals surface area contributed by atoms with Crippen LogP contribution in [-0.2, 0) is 6.61 Å². The average Bonchev–Trinajstić information content (AvgIpc) is 2.75. The van der Waals surface area contributed by atoms with Gasteiger partial charge in [0.25, 0.3) is 5.91 Å². The molecule has 3 N–H and O–H groups in total. The minimum Gasteiger partial charge on any atom is -0.490 e. The van der Waals surface area contributed by atoms with Crippen molar-refractivity contribution in [2.75, 3.05) is 12.3 Å². The van der Waals surface area contributed by atoms with E-state index in [0.29, 0.717) is 41.0 Å². The first-order valence-corrected chi connectivity index (χ1v) is 9.76. The minimum atomic E-state index is -0.323. The summed E-state index contributed by atoms with van der Waals surface area (Å²) in [5.74, 6) is 0.856. The summed E-state index contributed by atoms with van der Waals surface area (Å²) in [6.07, 6.45) is 1.54. The quantitative estimate of drug-likeness (QED) is 0.313. The van der Waals surface area contributed by atoms with Crippen LogP contribution in [0.15, 0.2) is 71.8 Å². The van der Waals surface area contributed by atoms with Gasteiger partial charge in [-0.15, -0.1) is 0 Å². The van der Waals surface area contributed by atoms with Crippen molar-refractivity contribution in [3.05, 3.63) is 88.4 Å². The molecule has 0 spiro atoms. The van der Waals surface area contributed by atoms with E-state index in [1.165, 1.54) is 6.21 Å². The molecule has 0 heterocycles. The number of hydrogen-bond acceptors (Lipinski definition) is 5. The van der Waals surface area contributed by atoms with Crippen molar-refractivity contribution in [2.24, 2.45) is 5.10 Å². The number of nitrogen functional groups attached to an aromatic ring is 1. The summed E-state index contributed by atoms with van der Waals surface area (Å²) in [7, 11) is 0. The van der Waals surface area contributed by atoms with Gasteiger partial charge in [0.2, 0.25) is 0 Å². The van der Waals surface area contributed by atoms with E-state index in [2.05, 4.69) is 10.5 Å². The van der Waals surface area contributed by atoms with Gasteiger partial charge in [-0.3, -0.25) is 4.79 Å². The number of halogens is 1. The third kappa shape index (κ3) is 5.75. The Hall–Kier alpha value is -3.51. The number of hydrogen-bond donors (Lipinski definition) is 2. The molecule has 3 rings (SSSR count). The molecule has 7 heteroatoms. The number of anilines is 1. The minimum absolute atomic E-state index is 0.323. The molecule has 0 saturated carbocycles. The van der Waals surface area contributed by atoms with Crippen molar-refractivity contribution in [3.63, 3.8) is 0 Å². The van der Waals surface area contributed by atoms with Crippen molar-refractivity contribution in [2.45, 2.75) is 13.5 Å². The zero-order valence-electron chi connectivity index (χ0n) is 16.5. The van der Waals surface area contributed by atoms with Gasteiger partial charge in [0.1, 0.15) is 6.61 Å². The fourth-order valence-corrected chi connectivity index (χ4v) is 2.82. The molecule has 0 unspecified atom stereocenters. The Balaban J connectivity index is 1.66. The highest BCUT2D eigenvalue weighted by molar-refractivity contribution is 6.31. The van der Waals surface area contributed by atoms with E-state index < -0.39 is 0 Å². The second-order valence-electron chi connectivity index (χ2n) is 6.34. The van der Waals surface area contributed by atoms with Crippen LogP contribution in [0.3, 0.4) is 0 Å². The van der Waals surface area contributed by atoms with Crippen molar-refractivity contribution in [1.82, 2.24) is 5.43 Å². The molecule has 1 amide bonds. The van der Waals surface area contributed by atoms with Crippen molar-refractivity contribution < 1.29 is 14.3 Å². The number of nitrogens with one attached hydrogen (secondary N) is 1. The number of ether oxygens (including phenoxy) is 2. The molecule has 0 aliphatic carbocycles. The Morgan fingerprint density at radius 1 is 1.07 bits per heavy atom. The molecule has 3 aromatic carbocycles. The van der Waals surface area contributed by atoms with E-state index >= 15 is 0 Å². The van der Waals surface area contributed by atoms with Gasteiger partial charge in [-0.2, -0.15) is 5.10 Å². The van der Waals surface area contributed by atoms with Gasteiger partial charge in [-0.05, 0) is 61.0 Å². The van der Waals surface area contributed by atoms with Crippen LogP contribution in [0, 0.1) is 0 Å². The zero-order valence-corrected chi connectivity index (χ0v) is 17.2. The molecule has 0 bridgehead atoms. The Bertz CT molecular complexity index is 1040. The molecule has 0 fully saturated rings. The second-order valence-corrected chi connectivity index (χ2v) is 6.75. The van der Waals surface area contributed by atoms with Crippen LogP contribution in [0.2, 0.25) is 5.02 Å². The van der Waals surface area contributed by atoms with Crippen molar-refractivity contribution >= 4 is 29.4 Å². The lowest BCUT2D eigenvalue weighted by Crippen LogP contribution is -2.17. The van der Waals surface area contributed by atoms with Crippen LogP contribution in [0.5, 0.6) is 11.5 Å². The Labute approximate surface area is 180 Å². The van der Waals surface area contributed by atoms with E-state index in [1.54, 1.807) is 36.4 Å². The second kappa shape index (κ2) is 10.3.